The number of aldehydes is 1. The average molecular weight is 371 g/mol. The van der Waals surface area contributed by atoms with Crippen molar-refractivity contribution in [3.8, 4) is 0 Å². The first-order valence-electron chi connectivity index (χ1n) is 9.74. The van der Waals surface area contributed by atoms with Crippen LogP contribution in [-0.2, 0) is 11.3 Å². The Morgan fingerprint density at radius 2 is 2.04 bits per heavy atom. The molecule has 0 spiro atoms. The number of imidazole rings is 1. The number of hydrogen-bond acceptors (Lipinski definition) is 4. The molecule has 1 saturated heterocycles. The summed E-state index contributed by atoms with van der Waals surface area (Å²) in [5.41, 5.74) is 2.18. The Bertz CT molecular complexity index is 799. The summed E-state index contributed by atoms with van der Waals surface area (Å²) in [6.45, 7) is 8.14. The molecule has 2 aromatic rings. The molecule has 1 aliphatic rings. The standard InChI is InChI=1S/C21H29N3O3/c1-21(2,3)27-20(26)23-11-8-16(9-12-23)5-4-10-24-15-22-18-7-6-17(14-25)13-19(18)24/h6-7,13-16H,4-5,8-12H2,1-3H3. The van der Waals surface area contributed by atoms with E-state index in [1.807, 2.05) is 44.1 Å². The first-order chi connectivity index (χ1) is 12.9. The number of likely N-dealkylation sites (tertiary alicyclic amines) is 1. The van der Waals surface area contributed by atoms with Crippen molar-refractivity contribution in [1.82, 2.24) is 14.5 Å². The number of hydrogen-bond donors (Lipinski definition) is 0. The van der Waals surface area contributed by atoms with E-state index in [9.17, 15) is 9.59 Å². The third-order valence-corrected chi connectivity index (χ3v) is 5.06. The van der Waals surface area contributed by atoms with Gasteiger partial charge in [-0.2, -0.15) is 0 Å². The monoisotopic (exact) mass is 371 g/mol. The molecule has 0 radical (unpaired) electrons. The predicted octanol–water partition coefficient (Wildman–Crippen LogP) is 4.28. The zero-order valence-electron chi connectivity index (χ0n) is 16.5. The van der Waals surface area contributed by atoms with Crippen molar-refractivity contribution < 1.29 is 14.3 Å². The van der Waals surface area contributed by atoms with Gasteiger partial charge in [0.05, 0.1) is 17.4 Å². The molecular formula is C21H29N3O3. The zero-order chi connectivity index (χ0) is 19.4. The maximum Gasteiger partial charge on any atom is 0.410 e. The molecule has 0 N–H and O–H groups in total. The molecule has 0 bridgehead atoms. The topological polar surface area (TPSA) is 64.4 Å². The average Bonchev–Trinajstić information content (AvgIpc) is 3.03. The van der Waals surface area contributed by atoms with E-state index in [4.69, 9.17) is 4.74 Å². The van der Waals surface area contributed by atoms with Crippen molar-refractivity contribution in [2.75, 3.05) is 13.1 Å². The lowest BCUT2D eigenvalue weighted by Gasteiger charge is -2.33. The van der Waals surface area contributed by atoms with Crippen LogP contribution in [0.3, 0.4) is 0 Å². The summed E-state index contributed by atoms with van der Waals surface area (Å²) in [6.07, 6.45) is 6.78. The largest absolute Gasteiger partial charge is 0.444 e. The second-order valence-electron chi connectivity index (χ2n) is 8.36. The number of aryl methyl sites for hydroxylation is 1. The van der Waals surface area contributed by atoms with E-state index in [1.165, 1.54) is 0 Å². The number of amides is 1. The van der Waals surface area contributed by atoms with Gasteiger partial charge in [0.2, 0.25) is 0 Å². The lowest BCUT2D eigenvalue weighted by molar-refractivity contribution is 0.0180. The fraction of sp³-hybridized carbons (Fsp3) is 0.571. The lowest BCUT2D eigenvalue weighted by atomic mass is 9.92. The molecule has 6 heteroatoms. The highest BCUT2D eigenvalue weighted by atomic mass is 16.6. The Morgan fingerprint density at radius 1 is 1.30 bits per heavy atom. The Labute approximate surface area is 160 Å². The molecule has 1 aromatic carbocycles. The van der Waals surface area contributed by atoms with Crippen LogP contribution in [0.25, 0.3) is 11.0 Å². The van der Waals surface area contributed by atoms with Crippen molar-refractivity contribution >= 4 is 23.4 Å². The van der Waals surface area contributed by atoms with Crippen LogP contribution >= 0.6 is 0 Å². The summed E-state index contributed by atoms with van der Waals surface area (Å²) < 4.78 is 7.58. The normalized spacial score (nSPS) is 15.9. The summed E-state index contributed by atoms with van der Waals surface area (Å²) in [5.74, 6) is 0.643. The van der Waals surface area contributed by atoms with Crippen LogP contribution in [0.5, 0.6) is 0 Å². The molecule has 1 amide bonds. The second-order valence-corrected chi connectivity index (χ2v) is 8.36. The van der Waals surface area contributed by atoms with Gasteiger partial charge < -0.3 is 14.2 Å². The van der Waals surface area contributed by atoms with Gasteiger partial charge in [0.15, 0.2) is 0 Å². The molecule has 1 fully saturated rings. The minimum atomic E-state index is -0.439. The Kier molecular flexibility index (Phi) is 5.82. The molecule has 3 rings (SSSR count). The van der Waals surface area contributed by atoms with Gasteiger partial charge in [-0.15, -0.1) is 0 Å². The molecule has 6 nitrogen and oxygen atoms in total. The Balaban J connectivity index is 1.46. The van der Waals surface area contributed by atoms with Gasteiger partial charge in [0.1, 0.15) is 11.9 Å². The Morgan fingerprint density at radius 3 is 2.70 bits per heavy atom. The highest BCUT2D eigenvalue weighted by molar-refractivity contribution is 5.84. The quantitative estimate of drug-likeness (QED) is 0.736. The van der Waals surface area contributed by atoms with Crippen molar-refractivity contribution in [3.63, 3.8) is 0 Å². The van der Waals surface area contributed by atoms with Crippen molar-refractivity contribution in [2.45, 2.75) is 58.6 Å². The first kappa shape index (κ1) is 19.4. The van der Waals surface area contributed by atoms with Crippen LogP contribution in [0.15, 0.2) is 24.5 Å². The molecule has 0 aliphatic carbocycles. The number of piperidine rings is 1. The molecule has 0 unspecified atom stereocenters. The number of carbonyl (C=O) groups excluding carboxylic acids is 2. The van der Waals surface area contributed by atoms with E-state index >= 15 is 0 Å². The van der Waals surface area contributed by atoms with Crippen LogP contribution in [0.2, 0.25) is 0 Å². The van der Waals surface area contributed by atoms with Gasteiger partial charge in [-0.05, 0) is 70.6 Å². The smallest absolute Gasteiger partial charge is 0.410 e. The van der Waals surface area contributed by atoms with E-state index < -0.39 is 5.60 Å². The number of ether oxygens (including phenoxy) is 1. The van der Waals surface area contributed by atoms with Gasteiger partial charge in [0.25, 0.3) is 0 Å². The summed E-state index contributed by atoms with van der Waals surface area (Å²) in [6, 6.07) is 5.59. The minimum absolute atomic E-state index is 0.197. The van der Waals surface area contributed by atoms with Crippen LogP contribution in [-0.4, -0.2) is 45.5 Å². The molecule has 146 valence electrons. The van der Waals surface area contributed by atoms with Gasteiger partial charge in [-0.25, -0.2) is 9.78 Å². The fourth-order valence-corrected chi connectivity index (χ4v) is 3.61. The maximum atomic E-state index is 12.1. The van der Waals surface area contributed by atoms with Gasteiger partial charge in [-0.3, -0.25) is 4.79 Å². The highest BCUT2D eigenvalue weighted by Gasteiger charge is 2.26. The molecule has 27 heavy (non-hydrogen) atoms. The lowest BCUT2D eigenvalue weighted by Crippen LogP contribution is -2.41. The molecule has 1 aromatic heterocycles. The van der Waals surface area contributed by atoms with E-state index in [0.29, 0.717) is 11.5 Å². The third kappa shape index (κ3) is 5.08. The molecule has 0 saturated carbocycles. The number of nitrogens with zero attached hydrogens (tertiary/aromatic N) is 3. The van der Waals surface area contributed by atoms with E-state index in [0.717, 1.165) is 62.6 Å². The minimum Gasteiger partial charge on any atom is -0.444 e. The molecular weight excluding hydrogens is 342 g/mol. The number of rotatable bonds is 5. The summed E-state index contributed by atoms with van der Waals surface area (Å²) in [5, 5.41) is 0. The molecule has 1 aliphatic heterocycles. The van der Waals surface area contributed by atoms with Crippen molar-refractivity contribution in [3.05, 3.63) is 30.1 Å². The number of carbonyl (C=O) groups is 2. The van der Waals surface area contributed by atoms with Gasteiger partial charge in [0, 0.05) is 25.2 Å². The van der Waals surface area contributed by atoms with Crippen molar-refractivity contribution in [1.29, 1.82) is 0 Å². The highest BCUT2D eigenvalue weighted by Crippen LogP contribution is 2.24. The summed E-state index contributed by atoms with van der Waals surface area (Å²) >= 11 is 0. The van der Waals surface area contributed by atoms with Gasteiger partial charge >= 0.3 is 6.09 Å². The predicted molar refractivity (Wildman–Crippen MR) is 105 cm³/mol. The van der Waals surface area contributed by atoms with Crippen LogP contribution in [0.4, 0.5) is 4.79 Å². The van der Waals surface area contributed by atoms with Crippen molar-refractivity contribution in [2.24, 2.45) is 5.92 Å². The number of aromatic nitrogens is 2. The number of benzene rings is 1. The van der Waals surface area contributed by atoms with E-state index in [-0.39, 0.29) is 6.09 Å². The zero-order valence-corrected chi connectivity index (χ0v) is 16.5. The van der Waals surface area contributed by atoms with Crippen LogP contribution < -0.4 is 0 Å². The maximum absolute atomic E-state index is 12.1. The third-order valence-electron chi connectivity index (χ3n) is 5.06. The van der Waals surface area contributed by atoms with Gasteiger partial charge in [-0.1, -0.05) is 0 Å². The fourth-order valence-electron chi connectivity index (χ4n) is 3.61. The van der Waals surface area contributed by atoms with Crippen LogP contribution in [0, 0.1) is 5.92 Å². The summed E-state index contributed by atoms with van der Waals surface area (Å²) in [7, 11) is 0. The van der Waals surface area contributed by atoms with E-state index in [1.54, 1.807) is 6.07 Å². The molecule has 2 heterocycles. The number of fused-ring (bicyclic) bond motifs is 1. The first-order valence-corrected chi connectivity index (χ1v) is 9.74. The second kappa shape index (κ2) is 8.11. The van der Waals surface area contributed by atoms with Crippen LogP contribution in [0.1, 0.15) is 56.8 Å². The van der Waals surface area contributed by atoms with E-state index in [2.05, 4.69) is 9.55 Å². The Hall–Kier alpha value is -2.37. The SMILES string of the molecule is CC(C)(C)OC(=O)N1CCC(CCCn2cnc3ccc(C=O)cc32)CC1. The summed E-state index contributed by atoms with van der Waals surface area (Å²) in [4.78, 5) is 29.4. The molecule has 0 atom stereocenters.